The first-order valence-electron chi connectivity index (χ1n) is 5.98. The van der Waals surface area contributed by atoms with Crippen LogP contribution >= 0.6 is 11.8 Å². The number of nitro benzene ring substituents is 1. The van der Waals surface area contributed by atoms with Crippen LogP contribution in [0.1, 0.15) is 20.3 Å². The first-order chi connectivity index (χ1) is 9.34. The number of hydrogen-bond acceptors (Lipinski definition) is 6. The molecule has 20 heavy (non-hydrogen) atoms. The zero-order valence-electron chi connectivity index (χ0n) is 11.6. The number of nitrogens with zero attached hydrogens (tertiary/aromatic N) is 1. The van der Waals surface area contributed by atoms with Crippen LogP contribution < -0.4 is 4.74 Å². The maximum Gasteiger partial charge on any atom is 0.514 e. The molecule has 0 N–H and O–H groups in total. The van der Waals surface area contributed by atoms with Gasteiger partial charge in [0, 0.05) is 12.1 Å². The molecule has 0 atom stereocenters. The highest BCUT2D eigenvalue weighted by molar-refractivity contribution is 7.98. The fourth-order valence-electron chi connectivity index (χ4n) is 1.38. The molecule has 7 heteroatoms. The van der Waals surface area contributed by atoms with Gasteiger partial charge in [-0.25, -0.2) is 4.79 Å². The van der Waals surface area contributed by atoms with Gasteiger partial charge >= 0.3 is 6.16 Å². The fourth-order valence-corrected chi connectivity index (χ4v) is 2.07. The van der Waals surface area contributed by atoms with E-state index >= 15 is 0 Å². The Bertz CT molecular complexity index is 472. The van der Waals surface area contributed by atoms with Crippen molar-refractivity contribution in [2.24, 2.45) is 0 Å². The first-order valence-corrected chi connectivity index (χ1v) is 7.38. The fraction of sp³-hybridized carbons (Fsp3) is 0.462. The molecule has 0 spiro atoms. The Morgan fingerprint density at radius 1 is 1.35 bits per heavy atom. The number of carbonyl (C=O) groups excluding carboxylic acids is 1. The Balaban J connectivity index is 2.55. The third-order valence-electron chi connectivity index (χ3n) is 2.52. The van der Waals surface area contributed by atoms with Gasteiger partial charge < -0.3 is 9.47 Å². The predicted octanol–water partition coefficient (Wildman–Crippen LogP) is 3.64. The lowest BCUT2D eigenvalue weighted by Gasteiger charge is -2.23. The summed E-state index contributed by atoms with van der Waals surface area (Å²) in [6.07, 6.45) is 1.87. The van der Waals surface area contributed by atoms with Crippen molar-refractivity contribution in [3.05, 3.63) is 34.4 Å². The van der Waals surface area contributed by atoms with E-state index in [0.29, 0.717) is 6.42 Å². The van der Waals surface area contributed by atoms with Gasteiger partial charge in [-0.05, 0) is 44.4 Å². The molecular weight excluding hydrogens is 282 g/mol. The molecule has 0 bridgehead atoms. The number of carbonyl (C=O) groups is 1. The minimum absolute atomic E-state index is 0.0639. The molecule has 1 aromatic carbocycles. The predicted molar refractivity (Wildman–Crippen MR) is 77.3 cm³/mol. The molecule has 0 fully saturated rings. The summed E-state index contributed by atoms with van der Waals surface area (Å²) < 4.78 is 10.2. The van der Waals surface area contributed by atoms with Crippen LogP contribution in [0.15, 0.2) is 24.3 Å². The second-order valence-corrected chi connectivity index (χ2v) is 5.69. The molecule has 0 saturated carbocycles. The molecular formula is C13H17NO5S. The topological polar surface area (TPSA) is 78.7 Å². The number of nitro groups is 1. The van der Waals surface area contributed by atoms with E-state index in [9.17, 15) is 14.9 Å². The first kappa shape index (κ1) is 16.3. The summed E-state index contributed by atoms with van der Waals surface area (Å²) >= 11 is 1.67. The summed E-state index contributed by atoms with van der Waals surface area (Å²) in [5.74, 6) is 1.08. The van der Waals surface area contributed by atoms with Crippen LogP contribution in [-0.4, -0.2) is 28.7 Å². The molecule has 0 aliphatic rings. The Hall–Kier alpha value is -1.76. The summed E-state index contributed by atoms with van der Waals surface area (Å²) in [5, 5.41) is 10.5. The van der Waals surface area contributed by atoms with E-state index in [0.717, 1.165) is 5.75 Å². The molecule has 0 heterocycles. The van der Waals surface area contributed by atoms with E-state index in [2.05, 4.69) is 0 Å². The van der Waals surface area contributed by atoms with Gasteiger partial charge in [0.05, 0.1) is 4.92 Å². The van der Waals surface area contributed by atoms with E-state index in [1.807, 2.05) is 6.26 Å². The molecule has 0 saturated heterocycles. The summed E-state index contributed by atoms with van der Waals surface area (Å²) in [4.78, 5) is 21.6. The highest BCUT2D eigenvalue weighted by Crippen LogP contribution is 2.21. The number of hydrogen-bond donors (Lipinski definition) is 0. The third-order valence-corrected chi connectivity index (χ3v) is 3.13. The molecule has 1 aromatic rings. The molecule has 0 aromatic heterocycles. The van der Waals surface area contributed by atoms with Crippen molar-refractivity contribution in [2.45, 2.75) is 25.9 Å². The highest BCUT2D eigenvalue weighted by Gasteiger charge is 2.23. The highest BCUT2D eigenvalue weighted by atomic mass is 32.2. The van der Waals surface area contributed by atoms with Crippen LogP contribution in [0.4, 0.5) is 10.5 Å². The van der Waals surface area contributed by atoms with Gasteiger partial charge in [0.25, 0.3) is 5.69 Å². The molecule has 0 amide bonds. The van der Waals surface area contributed by atoms with Crippen LogP contribution in [0.25, 0.3) is 0 Å². The van der Waals surface area contributed by atoms with Crippen LogP contribution in [-0.2, 0) is 4.74 Å². The van der Waals surface area contributed by atoms with Gasteiger partial charge in [-0.3, -0.25) is 10.1 Å². The second kappa shape index (κ2) is 7.14. The van der Waals surface area contributed by atoms with E-state index in [4.69, 9.17) is 9.47 Å². The lowest BCUT2D eigenvalue weighted by molar-refractivity contribution is -0.384. The van der Waals surface area contributed by atoms with Crippen molar-refractivity contribution in [3.63, 3.8) is 0 Å². The minimum atomic E-state index is -0.815. The van der Waals surface area contributed by atoms with Crippen molar-refractivity contribution in [3.8, 4) is 5.75 Å². The SMILES string of the molecule is CSCCC(C)(C)OC(=O)Oc1ccc([N+](=O)[O-])cc1. The maximum absolute atomic E-state index is 11.6. The number of benzene rings is 1. The molecule has 1 rings (SSSR count). The number of thioether (sulfide) groups is 1. The molecule has 0 aliphatic carbocycles. The Labute approximate surface area is 121 Å². The quantitative estimate of drug-likeness (QED) is 0.345. The van der Waals surface area contributed by atoms with Gasteiger partial charge in [-0.15, -0.1) is 0 Å². The van der Waals surface area contributed by atoms with Crippen molar-refractivity contribution >= 4 is 23.6 Å². The van der Waals surface area contributed by atoms with Gasteiger partial charge in [-0.1, -0.05) is 0 Å². The smallest absolute Gasteiger partial charge is 0.428 e. The lowest BCUT2D eigenvalue weighted by atomic mass is 10.1. The Morgan fingerprint density at radius 3 is 2.45 bits per heavy atom. The summed E-state index contributed by atoms with van der Waals surface area (Å²) in [6.45, 7) is 3.61. The summed E-state index contributed by atoms with van der Waals surface area (Å²) in [7, 11) is 0. The zero-order chi connectivity index (χ0) is 15.2. The minimum Gasteiger partial charge on any atom is -0.428 e. The number of non-ortho nitro benzene ring substituents is 1. The van der Waals surface area contributed by atoms with Crippen LogP contribution in [0.5, 0.6) is 5.75 Å². The normalized spacial score (nSPS) is 10.9. The molecule has 0 unspecified atom stereocenters. The van der Waals surface area contributed by atoms with Crippen LogP contribution in [0.2, 0.25) is 0 Å². The van der Waals surface area contributed by atoms with Crippen LogP contribution in [0.3, 0.4) is 0 Å². The standard InChI is InChI=1S/C13H17NO5S/c1-13(2,8-9-20-3)19-12(15)18-11-6-4-10(5-7-11)14(16)17/h4-7H,8-9H2,1-3H3. The second-order valence-electron chi connectivity index (χ2n) is 4.71. The molecule has 0 aliphatic heterocycles. The Morgan fingerprint density at radius 2 is 1.95 bits per heavy atom. The summed E-state index contributed by atoms with van der Waals surface area (Å²) in [5.41, 5.74) is -0.674. The van der Waals surface area contributed by atoms with Gasteiger partial charge in [0.15, 0.2) is 0 Å². The van der Waals surface area contributed by atoms with Crippen molar-refractivity contribution < 1.29 is 19.2 Å². The van der Waals surface area contributed by atoms with Crippen molar-refractivity contribution in [1.82, 2.24) is 0 Å². The monoisotopic (exact) mass is 299 g/mol. The van der Waals surface area contributed by atoms with Gasteiger partial charge in [0.2, 0.25) is 0 Å². The Kier molecular flexibility index (Phi) is 5.82. The van der Waals surface area contributed by atoms with E-state index in [1.165, 1.54) is 24.3 Å². The zero-order valence-corrected chi connectivity index (χ0v) is 12.4. The number of rotatable bonds is 6. The lowest BCUT2D eigenvalue weighted by Crippen LogP contribution is -2.30. The third kappa shape index (κ3) is 5.48. The van der Waals surface area contributed by atoms with E-state index < -0.39 is 16.7 Å². The average Bonchev–Trinajstić information content (AvgIpc) is 2.36. The maximum atomic E-state index is 11.6. The summed E-state index contributed by atoms with van der Waals surface area (Å²) in [6, 6.07) is 5.24. The molecule has 110 valence electrons. The number of ether oxygens (including phenoxy) is 2. The average molecular weight is 299 g/mol. The van der Waals surface area contributed by atoms with Gasteiger partial charge in [-0.2, -0.15) is 11.8 Å². The van der Waals surface area contributed by atoms with Gasteiger partial charge in [0.1, 0.15) is 11.4 Å². The molecule has 0 radical (unpaired) electrons. The van der Waals surface area contributed by atoms with Crippen molar-refractivity contribution in [1.29, 1.82) is 0 Å². The van der Waals surface area contributed by atoms with Crippen LogP contribution in [0, 0.1) is 10.1 Å². The molecule has 6 nitrogen and oxygen atoms in total. The van der Waals surface area contributed by atoms with E-state index in [1.54, 1.807) is 25.6 Å². The largest absolute Gasteiger partial charge is 0.514 e. The van der Waals surface area contributed by atoms with E-state index in [-0.39, 0.29) is 11.4 Å². The van der Waals surface area contributed by atoms with Crippen molar-refractivity contribution in [2.75, 3.05) is 12.0 Å².